The van der Waals surface area contributed by atoms with Crippen LogP contribution in [0.4, 0.5) is 0 Å². The Balaban J connectivity index is 1.93. The Kier molecular flexibility index (Phi) is 5.25. The molecule has 2 saturated heterocycles. The van der Waals surface area contributed by atoms with Crippen LogP contribution in [0.2, 0.25) is 0 Å². The normalized spacial score (nSPS) is 29.2. The Morgan fingerprint density at radius 2 is 2.00 bits per heavy atom. The Bertz CT molecular complexity index is 631. The minimum Gasteiger partial charge on any atom is -0.468 e. The lowest BCUT2D eigenvalue weighted by atomic mass is 9.70. The summed E-state index contributed by atoms with van der Waals surface area (Å²) in [6, 6.07) is 10.5. The van der Waals surface area contributed by atoms with Crippen LogP contribution in [0.5, 0.6) is 0 Å². The third kappa shape index (κ3) is 3.23. The first kappa shape index (κ1) is 18.1. The Labute approximate surface area is 149 Å². The van der Waals surface area contributed by atoms with Crippen LogP contribution in [0.15, 0.2) is 30.3 Å². The molecule has 5 heteroatoms. The lowest BCUT2D eigenvalue weighted by molar-refractivity contribution is -0.168. The molecule has 5 nitrogen and oxygen atoms in total. The smallest absolute Gasteiger partial charge is 0.321 e. The van der Waals surface area contributed by atoms with Gasteiger partial charge in [-0.25, -0.2) is 0 Å². The number of piperidine rings is 1. The molecular weight excluding hydrogens is 316 g/mol. The van der Waals surface area contributed by atoms with Crippen molar-refractivity contribution in [1.29, 1.82) is 0 Å². The summed E-state index contributed by atoms with van der Waals surface area (Å²) in [5.74, 6) is -0.291. The maximum Gasteiger partial charge on any atom is 0.321 e. The molecule has 2 aliphatic rings. The van der Waals surface area contributed by atoms with Gasteiger partial charge in [0.25, 0.3) is 0 Å². The van der Waals surface area contributed by atoms with E-state index in [2.05, 4.69) is 17.0 Å². The average Bonchev–Trinajstić information content (AvgIpc) is 2.91. The van der Waals surface area contributed by atoms with Crippen molar-refractivity contribution in [2.24, 2.45) is 5.41 Å². The van der Waals surface area contributed by atoms with Gasteiger partial charge in [-0.15, -0.1) is 0 Å². The van der Waals surface area contributed by atoms with E-state index in [1.165, 1.54) is 12.7 Å². The van der Waals surface area contributed by atoms with Crippen molar-refractivity contribution in [1.82, 2.24) is 9.80 Å². The van der Waals surface area contributed by atoms with Crippen molar-refractivity contribution in [3.8, 4) is 0 Å². The van der Waals surface area contributed by atoms with Crippen molar-refractivity contribution < 1.29 is 14.3 Å². The van der Waals surface area contributed by atoms with Gasteiger partial charge in [0, 0.05) is 25.0 Å². The summed E-state index contributed by atoms with van der Waals surface area (Å²) >= 11 is 0. The molecular formula is C20H28N2O3. The monoisotopic (exact) mass is 344 g/mol. The molecule has 0 amide bonds. The predicted octanol–water partition coefficient (Wildman–Crippen LogP) is 2.10. The summed E-state index contributed by atoms with van der Waals surface area (Å²) in [6.45, 7) is 1.48. The van der Waals surface area contributed by atoms with E-state index >= 15 is 0 Å². The number of ketones is 1. The molecule has 2 fully saturated rings. The molecule has 25 heavy (non-hydrogen) atoms. The minimum absolute atomic E-state index is 0.0636. The van der Waals surface area contributed by atoms with Crippen LogP contribution in [0.3, 0.4) is 0 Å². The fraction of sp³-hybridized carbons (Fsp3) is 0.600. The standard InChI is InChI=1S/C20H28N2O3/c1-21(2)12-11-20(19(24)25-3)17-10-9-16(13-18(20)23)22(17)14-15-7-5-4-6-8-15/h4-8,16-17H,9-14H2,1-3H3. The number of fused-ring (bicyclic) bond motifs is 2. The van der Waals surface area contributed by atoms with Crippen LogP contribution in [-0.2, 0) is 20.9 Å². The second kappa shape index (κ2) is 7.26. The quantitative estimate of drug-likeness (QED) is 0.584. The van der Waals surface area contributed by atoms with Crippen LogP contribution in [0, 0.1) is 5.41 Å². The van der Waals surface area contributed by atoms with Gasteiger partial charge in [0.05, 0.1) is 7.11 Å². The van der Waals surface area contributed by atoms with Gasteiger partial charge in [0.15, 0.2) is 5.78 Å². The van der Waals surface area contributed by atoms with E-state index in [1.54, 1.807) is 0 Å². The zero-order valence-corrected chi connectivity index (χ0v) is 15.4. The topological polar surface area (TPSA) is 49.9 Å². The van der Waals surface area contributed by atoms with E-state index < -0.39 is 5.41 Å². The van der Waals surface area contributed by atoms with Crippen LogP contribution < -0.4 is 0 Å². The molecule has 2 heterocycles. The van der Waals surface area contributed by atoms with E-state index in [9.17, 15) is 9.59 Å². The van der Waals surface area contributed by atoms with Gasteiger partial charge in [-0.1, -0.05) is 30.3 Å². The van der Waals surface area contributed by atoms with Crippen LogP contribution >= 0.6 is 0 Å². The lowest BCUT2D eigenvalue weighted by Crippen LogP contribution is -2.60. The number of hydrogen-bond donors (Lipinski definition) is 0. The van der Waals surface area contributed by atoms with Crippen molar-refractivity contribution in [3.05, 3.63) is 35.9 Å². The average molecular weight is 344 g/mol. The number of nitrogens with zero attached hydrogens (tertiary/aromatic N) is 2. The van der Waals surface area contributed by atoms with E-state index in [4.69, 9.17) is 4.74 Å². The van der Waals surface area contributed by atoms with Crippen LogP contribution in [0.25, 0.3) is 0 Å². The van der Waals surface area contributed by atoms with Gasteiger partial charge in [-0.3, -0.25) is 14.5 Å². The summed E-state index contributed by atoms with van der Waals surface area (Å²) in [4.78, 5) is 30.3. The number of hydrogen-bond acceptors (Lipinski definition) is 5. The fourth-order valence-corrected chi connectivity index (χ4v) is 4.54. The SMILES string of the molecule is COC(=O)C1(CCN(C)C)C(=O)CC2CCC1N2Cc1ccccc1. The van der Waals surface area contributed by atoms with Gasteiger partial charge in [0.2, 0.25) is 0 Å². The van der Waals surface area contributed by atoms with Crippen LogP contribution in [-0.4, -0.2) is 61.4 Å². The molecule has 3 rings (SSSR count). The highest BCUT2D eigenvalue weighted by molar-refractivity contribution is 6.05. The molecule has 0 aliphatic carbocycles. The first-order chi connectivity index (χ1) is 12.0. The molecule has 3 unspecified atom stereocenters. The number of ether oxygens (including phenoxy) is 1. The third-order valence-corrected chi connectivity index (χ3v) is 5.84. The maximum absolute atomic E-state index is 13.0. The van der Waals surface area contributed by atoms with Gasteiger partial charge in [0.1, 0.15) is 5.41 Å². The molecule has 2 aliphatic heterocycles. The fourth-order valence-electron chi connectivity index (χ4n) is 4.54. The molecule has 0 spiro atoms. The molecule has 0 radical (unpaired) electrons. The predicted molar refractivity (Wildman–Crippen MR) is 96.0 cm³/mol. The summed E-state index contributed by atoms with van der Waals surface area (Å²) in [5.41, 5.74) is 0.195. The number of Topliss-reactive ketones (excluding diaryl/α,β-unsaturated/α-hetero) is 1. The zero-order chi connectivity index (χ0) is 18.0. The number of methoxy groups -OCH3 is 1. The second-order valence-corrected chi connectivity index (χ2v) is 7.55. The van der Waals surface area contributed by atoms with Crippen molar-refractivity contribution >= 4 is 11.8 Å². The van der Waals surface area contributed by atoms with Crippen molar-refractivity contribution in [2.75, 3.05) is 27.7 Å². The van der Waals surface area contributed by atoms with Crippen LogP contribution in [0.1, 0.15) is 31.2 Å². The Morgan fingerprint density at radius 1 is 1.28 bits per heavy atom. The largest absolute Gasteiger partial charge is 0.468 e. The second-order valence-electron chi connectivity index (χ2n) is 7.55. The first-order valence-electron chi connectivity index (χ1n) is 9.05. The molecule has 1 aromatic rings. The first-order valence-corrected chi connectivity index (χ1v) is 9.05. The number of rotatable bonds is 6. The molecule has 2 bridgehead atoms. The Morgan fingerprint density at radius 3 is 2.64 bits per heavy atom. The molecule has 1 aromatic carbocycles. The van der Waals surface area contributed by atoms with Crippen molar-refractivity contribution in [3.63, 3.8) is 0 Å². The highest BCUT2D eigenvalue weighted by atomic mass is 16.5. The lowest BCUT2D eigenvalue weighted by Gasteiger charge is -2.46. The zero-order valence-electron chi connectivity index (χ0n) is 15.4. The number of benzene rings is 1. The van der Waals surface area contributed by atoms with E-state index in [1.807, 2.05) is 37.2 Å². The highest BCUT2D eigenvalue weighted by Crippen LogP contribution is 2.48. The summed E-state index contributed by atoms with van der Waals surface area (Å²) in [7, 11) is 5.34. The third-order valence-electron chi connectivity index (χ3n) is 5.84. The van der Waals surface area contributed by atoms with Gasteiger partial charge < -0.3 is 9.64 Å². The molecule has 0 aromatic heterocycles. The number of esters is 1. The van der Waals surface area contributed by atoms with Gasteiger partial charge in [-0.05, 0) is 45.5 Å². The number of carbonyl (C=O) groups is 2. The molecule has 136 valence electrons. The molecule has 0 saturated carbocycles. The summed E-state index contributed by atoms with van der Waals surface area (Å²) in [5, 5.41) is 0. The molecule has 0 N–H and O–H groups in total. The molecule has 3 atom stereocenters. The number of carbonyl (C=O) groups excluding carboxylic acids is 2. The van der Waals surface area contributed by atoms with Gasteiger partial charge in [-0.2, -0.15) is 0 Å². The van der Waals surface area contributed by atoms with E-state index in [0.717, 1.165) is 19.4 Å². The summed E-state index contributed by atoms with van der Waals surface area (Å²) in [6.07, 6.45) is 2.83. The Hall–Kier alpha value is -1.72. The summed E-state index contributed by atoms with van der Waals surface area (Å²) < 4.78 is 5.14. The maximum atomic E-state index is 13.0. The highest BCUT2D eigenvalue weighted by Gasteiger charge is 2.61. The van der Waals surface area contributed by atoms with E-state index in [0.29, 0.717) is 19.4 Å². The van der Waals surface area contributed by atoms with Gasteiger partial charge >= 0.3 is 5.97 Å². The van der Waals surface area contributed by atoms with Crippen molar-refractivity contribution in [2.45, 2.75) is 44.3 Å². The van der Waals surface area contributed by atoms with E-state index in [-0.39, 0.29) is 23.8 Å². The minimum atomic E-state index is -1.03.